The largest absolute Gasteiger partial charge is 0.476 e. The topological polar surface area (TPSA) is 86.2 Å². The predicted octanol–water partition coefficient (Wildman–Crippen LogP) is 1.97. The zero-order chi connectivity index (χ0) is 13.0. The Hall–Kier alpha value is -2.24. The van der Waals surface area contributed by atoms with Crippen LogP contribution in [0.5, 0.6) is 5.88 Å². The Morgan fingerprint density at radius 1 is 1.44 bits per heavy atom. The molecule has 0 amide bonds. The summed E-state index contributed by atoms with van der Waals surface area (Å²) in [7, 11) is 0. The molecule has 0 atom stereocenters. The minimum atomic E-state index is 0.436. The van der Waals surface area contributed by atoms with E-state index in [1.165, 1.54) is 0 Å². The second-order valence-electron chi connectivity index (χ2n) is 3.74. The van der Waals surface area contributed by atoms with Gasteiger partial charge in [-0.15, -0.1) is 0 Å². The molecule has 0 aliphatic carbocycles. The van der Waals surface area contributed by atoms with Crippen molar-refractivity contribution < 1.29 is 9.15 Å². The van der Waals surface area contributed by atoms with E-state index in [2.05, 4.69) is 15.3 Å². The summed E-state index contributed by atoms with van der Waals surface area (Å²) >= 11 is 0. The van der Waals surface area contributed by atoms with Crippen molar-refractivity contribution in [3.05, 3.63) is 30.0 Å². The van der Waals surface area contributed by atoms with Gasteiger partial charge in [0.05, 0.1) is 25.0 Å². The number of anilines is 2. The Balaban J connectivity index is 2.03. The van der Waals surface area contributed by atoms with E-state index < -0.39 is 0 Å². The number of hydrogen-bond donors (Lipinski definition) is 2. The molecule has 0 aliphatic rings. The Labute approximate surface area is 105 Å². The van der Waals surface area contributed by atoms with Gasteiger partial charge in [-0.25, -0.2) is 4.98 Å². The molecule has 2 aromatic rings. The van der Waals surface area contributed by atoms with Crippen LogP contribution in [0.3, 0.4) is 0 Å². The van der Waals surface area contributed by atoms with Gasteiger partial charge in [0, 0.05) is 0 Å². The van der Waals surface area contributed by atoms with Crippen LogP contribution in [0.2, 0.25) is 0 Å². The number of nitrogens with two attached hydrogens (primary N) is 1. The molecule has 0 spiro atoms. The van der Waals surface area contributed by atoms with Gasteiger partial charge in [0.1, 0.15) is 11.6 Å². The van der Waals surface area contributed by atoms with E-state index in [-0.39, 0.29) is 0 Å². The molecule has 6 heteroatoms. The summed E-state index contributed by atoms with van der Waals surface area (Å²) < 4.78 is 10.7. The lowest BCUT2D eigenvalue weighted by Crippen LogP contribution is -2.05. The van der Waals surface area contributed by atoms with E-state index in [0.29, 0.717) is 36.4 Å². The van der Waals surface area contributed by atoms with E-state index in [9.17, 15) is 0 Å². The van der Waals surface area contributed by atoms with E-state index in [0.717, 1.165) is 5.76 Å². The van der Waals surface area contributed by atoms with Crippen molar-refractivity contribution in [1.29, 1.82) is 0 Å². The van der Waals surface area contributed by atoms with Gasteiger partial charge in [0.25, 0.3) is 0 Å². The van der Waals surface area contributed by atoms with Crippen LogP contribution in [0.15, 0.2) is 22.7 Å². The van der Waals surface area contributed by atoms with E-state index in [4.69, 9.17) is 14.9 Å². The molecule has 0 unspecified atom stereocenters. The highest BCUT2D eigenvalue weighted by molar-refractivity contribution is 5.53. The van der Waals surface area contributed by atoms with Gasteiger partial charge in [-0.3, -0.25) is 0 Å². The monoisotopic (exact) mass is 248 g/mol. The predicted molar refractivity (Wildman–Crippen MR) is 68.4 cm³/mol. The van der Waals surface area contributed by atoms with Crippen LogP contribution in [-0.2, 0) is 6.54 Å². The highest BCUT2D eigenvalue weighted by atomic mass is 16.5. The lowest BCUT2D eigenvalue weighted by molar-refractivity contribution is 0.329. The standard InChI is InChI=1S/C12H16N4O2/c1-3-17-12-9(13)4-5-10(16-12)14-7-11-15-6-8(2)18-11/h4-6H,3,7,13H2,1-2H3,(H,14,16). The first-order valence-corrected chi connectivity index (χ1v) is 5.73. The summed E-state index contributed by atoms with van der Waals surface area (Å²) in [5, 5.41) is 3.10. The van der Waals surface area contributed by atoms with Crippen LogP contribution in [0.4, 0.5) is 11.5 Å². The fourth-order valence-corrected chi connectivity index (χ4v) is 1.45. The molecule has 0 saturated heterocycles. The Bertz CT molecular complexity index is 525. The summed E-state index contributed by atoms with van der Waals surface area (Å²) in [5.74, 6) is 2.51. The fraction of sp³-hybridized carbons (Fsp3) is 0.333. The van der Waals surface area contributed by atoms with Crippen molar-refractivity contribution in [1.82, 2.24) is 9.97 Å². The lowest BCUT2D eigenvalue weighted by atomic mass is 10.4. The average Bonchev–Trinajstić information content (AvgIpc) is 2.76. The molecule has 2 rings (SSSR count). The maximum absolute atomic E-state index is 5.74. The quantitative estimate of drug-likeness (QED) is 0.841. The maximum Gasteiger partial charge on any atom is 0.239 e. The number of nitrogen functional groups attached to an aromatic ring is 1. The first-order chi connectivity index (χ1) is 8.69. The first-order valence-electron chi connectivity index (χ1n) is 5.73. The third kappa shape index (κ3) is 2.91. The first kappa shape index (κ1) is 12.2. The van der Waals surface area contributed by atoms with Crippen molar-refractivity contribution in [2.45, 2.75) is 20.4 Å². The van der Waals surface area contributed by atoms with Crippen LogP contribution in [0.25, 0.3) is 0 Å². The molecule has 2 heterocycles. The van der Waals surface area contributed by atoms with Crippen LogP contribution in [0, 0.1) is 6.92 Å². The molecule has 0 bridgehead atoms. The van der Waals surface area contributed by atoms with Crippen LogP contribution >= 0.6 is 0 Å². The number of pyridine rings is 1. The number of rotatable bonds is 5. The van der Waals surface area contributed by atoms with Crippen LogP contribution in [-0.4, -0.2) is 16.6 Å². The summed E-state index contributed by atoms with van der Waals surface area (Å²) in [6, 6.07) is 3.54. The molecule has 0 aliphatic heterocycles. The van der Waals surface area contributed by atoms with Crippen molar-refractivity contribution in [2.24, 2.45) is 0 Å². The Morgan fingerprint density at radius 2 is 2.28 bits per heavy atom. The number of aromatic nitrogens is 2. The summed E-state index contributed by atoms with van der Waals surface area (Å²) in [5.41, 5.74) is 6.26. The fourth-order valence-electron chi connectivity index (χ4n) is 1.45. The molecule has 18 heavy (non-hydrogen) atoms. The smallest absolute Gasteiger partial charge is 0.239 e. The van der Waals surface area contributed by atoms with Crippen molar-refractivity contribution in [2.75, 3.05) is 17.7 Å². The number of nitrogens with one attached hydrogen (secondary N) is 1. The summed E-state index contributed by atoms with van der Waals surface area (Å²) in [6.45, 7) is 4.73. The van der Waals surface area contributed by atoms with Gasteiger partial charge in [-0.2, -0.15) is 4.98 Å². The summed E-state index contributed by atoms with van der Waals surface area (Å²) in [6.07, 6.45) is 1.68. The SMILES string of the molecule is CCOc1nc(NCc2ncc(C)o2)ccc1N. The average molecular weight is 248 g/mol. The third-order valence-electron chi connectivity index (χ3n) is 2.26. The van der Waals surface area contributed by atoms with Crippen molar-refractivity contribution >= 4 is 11.5 Å². The number of hydrogen-bond acceptors (Lipinski definition) is 6. The van der Waals surface area contributed by atoms with E-state index in [1.54, 1.807) is 18.3 Å². The minimum absolute atomic E-state index is 0.436. The summed E-state index contributed by atoms with van der Waals surface area (Å²) in [4.78, 5) is 8.35. The number of aryl methyl sites for hydroxylation is 1. The number of oxazole rings is 1. The molecule has 0 saturated carbocycles. The van der Waals surface area contributed by atoms with Gasteiger partial charge in [0.2, 0.25) is 11.8 Å². The number of nitrogens with zero attached hydrogens (tertiary/aromatic N) is 2. The zero-order valence-electron chi connectivity index (χ0n) is 10.4. The van der Waals surface area contributed by atoms with Gasteiger partial charge in [0.15, 0.2) is 0 Å². The molecule has 0 fully saturated rings. The van der Waals surface area contributed by atoms with Crippen molar-refractivity contribution in [3.63, 3.8) is 0 Å². The van der Waals surface area contributed by atoms with Crippen LogP contribution in [0.1, 0.15) is 18.6 Å². The number of ether oxygens (including phenoxy) is 1. The molecular weight excluding hydrogens is 232 g/mol. The maximum atomic E-state index is 5.74. The highest BCUT2D eigenvalue weighted by Gasteiger charge is 2.05. The van der Waals surface area contributed by atoms with E-state index in [1.807, 2.05) is 13.8 Å². The third-order valence-corrected chi connectivity index (χ3v) is 2.26. The Morgan fingerprint density at radius 3 is 2.94 bits per heavy atom. The van der Waals surface area contributed by atoms with Crippen LogP contribution < -0.4 is 15.8 Å². The molecule has 0 aromatic carbocycles. The highest BCUT2D eigenvalue weighted by Crippen LogP contribution is 2.21. The van der Waals surface area contributed by atoms with Gasteiger partial charge in [-0.05, 0) is 26.0 Å². The van der Waals surface area contributed by atoms with Gasteiger partial charge >= 0.3 is 0 Å². The molecule has 96 valence electrons. The normalized spacial score (nSPS) is 10.3. The minimum Gasteiger partial charge on any atom is -0.476 e. The molecule has 0 radical (unpaired) electrons. The molecule has 2 aromatic heterocycles. The molecule has 3 N–H and O–H groups in total. The Kier molecular flexibility index (Phi) is 3.66. The van der Waals surface area contributed by atoms with Gasteiger partial charge in [-0.1, -0.05) is 0 Å². The van der Waals surface area contributed by atoms with E-state index >= 15 is 0 Å². The van der Waals surface area contributed by atoms with Gasteiger partial charge < -0.3 is 20.2 Å². The molecule has 6 nitrogen and oxygen atoms in total. The molecular formula is C12H16N4O2. The second-order valence-corrected chi connectivity index (χ2v) is 3.74. The van der Waals surface area contributed by atoms with Crippen molar-refractivity contribution in [3.8, 4) is 5.88 Å². The second kappa shape index (κ2) is 5.39. The zero-order valence-corrected chi connectivity index (χ0v) is 10.4. The lowest BCUT2D eigenvalue weighted by Gasteiger charge is -2.08.